The van der Waals surface area contributed by atoms with Gasteiger partial charge in [-0.15, -0.1) is 11.8 Å². The zero-order valence-corrected chi connectivity index (χ0v) is 9.27. The van der Waals surface area contributed by atoms with Crippen LogP contribution in [0, 0.1) is 0 Å². The number of benzene rings is 1. The van der Waals surface area contributed by atoms with E-state index in [-0.39, 0.29) is 0 Å². The van der Waals surface area contributed by atoms with E-state index in [1.165, 1.54) is 29.0 Å². The lowest BCUT2D eigenvalue weighted by Crippen LogP contribution is -2.12. The Morgan fingerprint density at radius 3 is 3.00 bits per heavy atom. The normalized spacial score (nSPS) is 19.9. The Morgan fingerprint density at radius 1 is 1.33 bits per heavy atom. The molecule has 2 aliphatic rings. The van der Waals surface area contributed by atoms with Crippen LogP contribution in [0.5, 0.6) is 0 Å². The summed E-state index contributed by atoms with van der Waals surface area (Å²) in [4.78, 5) is 12.6. The monoisotopic (exact) mass is 219 g/mol. The predicted octanol–water partition coefficient (Wildman–Crippen LogP) is 2.48. The van der Waals surface area contributed by atoms with E-state index in [1.807, 2.05) is 0 Å². The summed E-state index contributed by atoms with van der Waals surface area (Å²) in [7, 11) is 0. The molecule has 1 aromatic carbocycles. The summed E-state index contributed by atoms with van der Waals surface area (Å²) in [6, 6.07) is 7.07. The largest absolute Gasteiger partial charge is 0.382 e. The molecule has 0 radical (unpaired) electrons. The fourth-order valence-corrected chi connectivity index (χ4v) is 2.73. The number of hydrogen-bond donors (Lipinski definition) is 1. The van der Waals surface area contributed by atoms with Crippen molar-refractivity contribution in [3.63, 3.8) is 0 Å². The summed E-state index contributed by atoms with van der Waals surface area (Å²) in [6.45, 7) is 0. The van der Waals surface area contributed by atoms with Gasteiger partial charge in [0.2, 0.25) is 0 Å². The van der Waals surface area contributed by atoms with Gasteiger partial charge < -0.3 is 5.32 Å². The van der Waals surface area contributed by atoms with Crippen molar-refractivity contribution in [2.24, 2.45) is 0 Å². The third kappa shape index (κ3) is 2.02. The van der Waals surface area contributed by atoms with Gasteiger partial charge in [0, 0.05) is 23.0 Å². The highest BCUT2D eigenvalue weighted by Gasteiger charge is 2.22. The van der Waals surface area contributed by atoms with E-state index in [9.17, 15) is 4.79 Å². The van der Waals surface area contributed by atoms with E-state index in [2.05, 4.69) is 23.5 Å². The smallest absolute Gasteiger partial charge is 0.147 e. The van der Waals surface area contributed by atoms with Crippen LogP contribution in [-0.4, -0.2) is 17.6 Å². The van der Waals surface area contributed by atoms with Crippen molar-refractivity contribution in [3.8, 4) is 0 Å². The number of nitrogens with one attached hydrogen (secondary N) is 1. The van der Waals surface area contributed by atoms with Gasteiger partial charge in [0.1, 0.15) is 5.78 Å². The van der Waals surface area contributed by atoms with Gasteiger partial charge in [-0.1, -0.05) is 0 Å². The molecule has 0 saturated heterocycles. The van der Waals surface area contributed by atoms with Gasteiger partial charge in [-0.3, -0.25) is 4.79 Å². The summed E-state index contributed by atoms with van der Waals surface area (Å²) in [6.07, 6.45) is 3.18. The molecule has 15 heavy (non-hydrogen) atoms. The van der Waals surface area contributed by atoms with Gasteiger partial charge in [-0.05, 0) is 36.6 Å². The molecule has 1 aliphatic carbocycles. The van der Waals surface area contributed by atoms with Crippen molar-refractivity contribution < 1.29 is 4.79 Å². The molecule has 0 amide bonds. The molecule has 1 saturated carbocycles. The molecule has 1 aliphatic heterocycles. The molecule has 0 bridgehead atoms. The maximum absolute atomic E-state index is 11.3. The van der Waals surface area contributed by atoms with E-state index < -0.39 is 0 Å². The second-order valence-corrected chi connectivity index (χ2v) is 5.26. The first-order chi connectivity index (χ1) is 7.31. The van der Waals surface area contributed by atoms with Crippen molar-refractivity contribution in [2.75, 3.05) is 11.1 Å². The summed E-state index contributed by atoms with van der Waals surface area (Å²) >= 11 is 1.66. The molecule has 0 unspecified atom stereocenters. The van der Waals surface area contributed by atoms with Crippen LogP contribution in [-0.2, 0) is 11.2 Å². The third-order valence-corrected chi connectivity index (χ3v) is 3.96. The topological polar surface area (TPSA) is 29.1 Å². The molecule has 0 spiro atoms. The van der Waals surface area contributed by atoms with Gasteiger partial charge in [0.15, 0.2) is 0 Å². The Bertz CT molecular complexity index is 412. The zero-order chi connectivity index (χ0) is 10.3. The second-order valence-electron chi connectivity index (χ2n) is 4.25. The standard InChI is InChI=1S/C12H13NOS/c14-11-6-8-5-10(13-9-1-2-9)3-4-12(8)15-7-11/h3-5,9,13H,1-2,6-7H2. The second kappa shape index (κ2) is 3.56. The number of Topliss-reactive ketones (excluding diaryl/α,β-unsaturated/α-hetero) is 1. The van der Waals surface area contributed by atoms with E-state index >= 15 is 0 Å². The first-order valence-electron chi connectivity index (χ1n) is 5.35. The molecule has 1 heterocycles. The number of hydrogen-bond acceptors (Lipinski definition) is 3. The fraction of sp³-hybridized carbons (Fsp3) is 0.417. The summed E-state index contributed by atoms with van der Waals surface area (Å²) in [5, 5.41) is 3.46. The van der Waals surface area contributed by atoms with Gasteiger partial charge in [0.05, 0.1) is 5.75 Å². The van der Waals surface area contributed by atoms with Crippen LogP contribution in [0.4, 0.5) is 5.69 Å². The Labute approximate surface area is 93.4 Å². The van der Waals surface area contributed by atoms with E-state index in [4.69, 9.17) is 0 Å². The number of carbonyl (C=O) groups is 1. The molecule has 2 nitrogen and oxygen atoms in total. The van der Waals surface area contributed by atoms with Crippen molar-refractivity contribution in [2.45, 2.75) is 30.2 Å². The van der Waals surface area contributed by atoms with Crippen molar-refractivity contribution in [1.29, 1.82) is 0 Å². The summed E-state index contributed by atoms with van der Waals surface area (Å²) < 4.78 is 0. The average Bonchev–Trinajstić information content (AvgIpc) is 3.01. The van der Waals surface area contributed by atoms with Crippen molar-refractivity contribution in [3.05, 3.63) is 23.8 Å². The quantitative estimate of drug-likeness (QED) is 0.828. The maximum Gasteiger partial charge on any atom is 0.147 e. The maximum atomic E-state index is 11.3. The van der Waals surface area contributed by atoms with Gasteiger partial charge in [-0.25, -0.2) is 0 Å². The Balaban J connectivity index is 1.86. The minimum atomic E-state index is 0.344. The lowest BCUT2D eigenvalue weighted by atomic mass is 10.1. The molecule has 3 rings (SSSR count). The number of rotatable bonds is 2. The summed E-state index contributed by atoms with van der Waals surface area (Å²) in [5.41, 5.74) is 2.37. The van der Waals surface area contributed by atoms with Gasteiger partial charge in [-0.2, -0.15) is 0 Å². The third-order valence-electron chi connectivity index (χ3n) is 2.78. The molecular weight excluding hydrogens is 206 g/mol. The van der Waals surface area contributed by atoms with Crippen LogP contribution in [0.2, 0.25) is 0 Å². The van der Waals surface area contributed by atoms with Crippen LogP contribution < -0.4 is 5.32 Å². The average molecular weight is 219 g/mol. The lowest BCUT2D eigenvalue weighted by Gasteiger charge is -2.15. The van der Waals surface area contributed by atoms with E-state index in [0.29, 0.717) is 24.0 Å². The number of ketones is 1. The summed E-state index contributed by atoms with van der Waals surface area (Å²) in [5.74, 6) is 0.985. The molecule has 1 fully saturated rings. The van der Waals surface area contributed by atoms with Crippen LogP contribution in [0.25, 0.3) is 0 Å². The van der Waals surface area contributed by atoms with Crippen LogP contribution in [0.15, 0.2) is 23.1 Å². The fourth-order valence-electron chi connectivity index (χ4n) is 1.83. The minimum Gasteiger partial charge on any atom is -0.382 e. The number of carbonyl (C=O) groups excluding carboxylic acids is 1. The Morgan fingerprint density at radius 2 is 2.20 bits per heavy atom. The van der Waals surface area contributed by atoms with Gasteiger partial charge in [0.25, 0.3) is 0 Å². The SMILES string of the molecule is O=C1CSc2ccc(NC3CC3)cc2C1. The molecule has 1 aromatic rings. The minimum absolute atomic E-state index is 0.344. The number of fused-ring (bicyclic) bond motifs is 1. The molecule has 78 valence electrons. The first-order valence-corrected chi connectivity index (χ1v) is 6.34. The molecule has 1 N–H and O–H groups in total. The highest BCUT2D eigenvalue weighted by Crippen LogP contribution is 2.32. The highest BCUT2D eigenvalue weighted by molar-refractivity contribution is 8.00. The molecule has 0 aromatic heterocycles. The molecule has 3 heteroatoms. The van der Waals surface area contributed by atoms with Crippen molar-refractivity contribution in [1.82, 2.24) is 0 Å². The van der Waals surface area contributed by atoms with E-state index in [1.54, 1.807) is 11.8 Å². The number of thioether (sulfide) groups is 1. The Hall–Kier alpha value is -0.960. The van der Waals surface area contributed by atoms with E-state index in [0.717, 1.165) is 0 Å². The molecule has 0 atom stereocenters. The highest BCUT2D eigenvalue weighted by atomic mass is 32.2. The van der Waals surface area contributed by atoms with Crippen LogP contribution in [0.1, 0.15) is 18.4 Å². The van der Waals surface area contributed by atoms with Crippen LogP contribution >= 0.6 is 11.8 Å². The van der Waals surface area contributed by atoms with Gasteiger partial charge >= 0.3 is 0 Å². The molecular formula is C12H13NOS. The Kier molecular flexibility index (Phi) is 2.20. The first kappa shape index (κ1) is 9.28. The lowest BCUT2D eigenvalue weighted by molar-refractivity contribution is -0.116. The number of anilines is 1. The zero-order valence-electron chi connectivity index (χ0n) is 8.45. The van der Waals surface area contributed by atoms with Crippen LogP contribution in [0.3, 0.4) is 0 Å². The van der Waals surface area contributed by atoms with Crippen molar-refractivity contribution >= 4 is 23.2 Å². The predicted molar refractivity (Wildman–Crippen MR) is 62.5 cm³/mol.